The fourth-order valence-electron chi connectivity index (χ4n) is 1.40. The van der Waals surface area contributed by atoms with Crippen LogP contribution in [0.4, 0.5) is 5.69 Å². The van der Waals surface area contributed by atoms with E-state index >= 15 is 0 Å². The number of rotatable bonds is 4. The smallest absolute Gasteiger partial charge is 0.0377 e. The summed E-state index contributed by atoms with van der Waals surface area (Å²) in [5.74, 6) is 0. The number of nitrogens with zero attached hydrogens (tertiary/aromatic N) is 1. The second-order valence-corrected chi connectivity index (χ2v) is 3.75. The van der Waals surface area contributed by atoms with Gasteiger partial charge in [-0.3, -0.25) is 0 Å². The van der Waals surface area contributed by atoms with Crippen LogP contribution in [0.2, 0.25) is 0 Å². The fraction of sp³-hybridized carbons (Fsp3) is 0.455. The minimum atomic E-state index is 1.08. The number of benzene rings is 1. The average molecular weight is 195 g/mol. The molecule has 1 nitrogen and oxygen atoms in total. The molecule has 0 saturated heterocycles. The molecule has 0 fully saturated rings. The normalized spacial score (nSPS) is 10.1. The highest BCUT2D eigenvalue weighted by Gasteiger charge is 2.01. The second kappa shape index (κ2) is 5.18. The molecule has 0 aliphatic heterocycles. The minimum absolute atomic E-state index is 1.08. The molecule has 2 heteroatoms. The SMILES string of the molecule is CCN(CC)c1cccc(SC)c1. The van der Waals surface area contributed by atoms with Gasteiger partial charge < -0.3 is 4.90 Å². The van der Waals surface area contributed by atoms with Gasteiger partial charge in [-0.25, -0.2) is 0 Å². The van der Waals surface area contributed by atoms with Crippen LogP contribution < -0.4 is 4.90 Å². The van der Waals surface area contributed by atoms with E-state index in [9.17, 15) is 0 Å². The maximum atomic E-state index is 2.36. The summed E-state index contributed by atoms with van der Waals surface area (Å²) in [5.41, 5.74) is 1.33. The summed E-state index contributed by atoms with van der Waals surface area (Å²) in [6, 6.07) is 8.70. The minimum Gasteiger partial charge on any atom is -0.372 e. The van der Waals surface area contributed by atoms with Crippen LogP contribution in [0.1, 0.15) is 13.8 Å². The standard InChI is InChI=1S/C11H17NS/c1-4-12(5-2)10-7-6-8-11(9-10)13-3/h6-9H,4-5H2,1-3H3. The van der Waals surface area contributed by atoms with Gasteiger partial charge in [0.05, 0.1) is 0 Å². The van der Waals surface area contributed by atoms with Crippen LogP contribution in [0.5, 0.6) is 0 Å². The molecule has 0 aromatic heterocycles. The quantitative estimate of drug-likeness (QED) is 0.678. The van der Waals surface area contributed by atoms with E-state index in [0.717, 1.165) is 13.1 Å². The first kappa shape index (κ1) is 10.5. The molecule has 0 bridgehead atoms. The van der Waals surface area contributed by atoms with Crippen LogP contribution >= 0.6 is 11.8 Å². The zero-order chi connectivity index (χ0) is 9.68. The molecule has 1 aromatic carbocycles. The van der Waals surface area contributed by atoms with E-state index in [2.05, 4.69) is 49.3 Å². The van der Waals surface area contributed by atoms with Crippen molar-refractivity contribution in [1.82, 2.24) is 0 Å². The number of hydrogen-bond donors (Lipinski definition) is 0. The van der Waals surface area contributed by atoms with Crippen molar-refractivity contribution >= 4 is 17.4 Å². The van der Waals surface area contributed by atoms with E-state index in [1.165, 1.54) is 10.6 Å². The summed E-state index contributed by atoms with van der Waals surface area (Å²) in [7, 11) is 0. The van der Waals surface area contributed by atoms with E-state index in [-0.39, 0.29) is 0 Å². The molecule has 0 N–H and O–H groups in total. The Bertz CT molecular complexity index is 256. The first-order valence-electron chi connectivity index (χ1n) is 4.70. The number of hydrogen-bond acceptors (Lipinski definition) is 2. The van der Waals surface area contributed by atoms with E-state index < -0.39 is 0 Å². The second-order valence-electron chi connectivity index (χ2n) is 2.87. The van der Waals surface area contributed by atoms with Crippen molar-refractivity contribution in [2.24, 2.45) is 0 Å². The lowest BCUT2D eigenvalue weighted by Crippen LogP contribution is -2.21. The molecule has 0 spiro atoms. The number of thioether (sulfide) groups is 1. The van der Waals surface area contributed by atoms with Crippen LogP contribution in [-0.4, -0.2) is 19.3 Å². The Morgan fingerprint density at radius 1 is 1.23 bits per heavy atom. The summed E-state index contributed by atoms with van der Waals surface area (Å²) in [4.78, 5) is 3.70. The lowest BCUT2D eigenvalue weighted by molar-refractivity contribution is 0.864. The molecule has 1 rings (SSSR count). The topological polar surface area (TPSA) is 3.24 Å². The maximum absolute atomic E-state index is 2.36. The lowest BCUT2D eigenvalue weighted by Gasteiger charge is -2.21. The van der Waals surface area contributed by atoms with Gasteiger partial charge in [0.1, 0.15) is 0 Å². The van der Waals surface area contributed by atoms with Gasteiger partial charge in [-0.1, -0.05) is 6.07 Å². The molecule has 0 aliphatic rings. The molecular weight excluding hydrogens is 178 g/mol. The monoisotopic (exact) mass is 195 g/mol. The van der Waals surface area contributed by atoms with Gasteiger partial charge in [-0.05, 0) is 38.3 Å². The van der Waals surface area contributed by atoms with Crippen LogP contribution in [0, 0.1) is 0 Å². The molecule has 0 atom stereocenters. The van der Waals surface area contributed by atoms with Gasteiger partial charge in [-0.2, -0.15) is 0 Å². The van der Waals surface area contributed by atoms with Crippen LogP contribution in [0.15, 0.2) is 29.2 Å². The van der Waals surface area contributed by atoms with Gasteiger partial charge in [0.25, 0.3) is 0 Å². The summed E-state index contributed by atoms with van der Waals surface area (Å²) < 4.78 is 0. The van der Waals surface area contributed by atoms with E-state index in [1.54, 1.807) is 11.8 Å². The highest BCUT2D eigenvalue weighted by atomic mass is 32.2. The van der Waals surface area contributed by atoms with Crippen molar-refractivity contribution < 1.29 is 0 Å². The average Bonchev–Trinajstić information content (AvgIpc) is 2.20. The predicted octanol–water partition coefficient (Wildman–Crippen LogP) is 3.25. The Hall–Kier alpha value is -0.630. The van der Waals surface area contributed by atoms with E-state index in [0.29, 0.717) is 0 Å². The Kier molecular flexibility index (Phi) is 4.16. The van der Waals surface area contributed by atoms with Gasteiger partial charge in [0.15, 0.2) is 0 Å². The largest absolute Gasteiger partial charge is 0.372 e. The highest BCUT2D eigenvalue weighted by molar-refractivity contribution is 7.98. The molecule has 0 amide bonds. The molecule has 0 aliphatic carbocycles. The van der Waals surface area contributed by atoms with Crippen molar-refractivity contribution in [2.45, 2.75) is 18.7 Å². The Morgan fingerprint density at radius 3 is 2.46 bits per heavy atom. The Labute approximate surface area is 85.1 Å². The maximum Gasteiger partial charge on any atom is 0.0377 e. The molecular formula is C11H17NS. The van der Waals surface area contributed by atoms with Gasteiger partial charge in [0.2, 0.25) is 0 Å². The van der Waals surface area contributed by atoms with Crippen molar-refractivity contribution in [3.63, 3.8) is 0 Å². The molecule has 0 unspecified atom stereocenters. The molecule has 0 radical (unpaired) electrons. The summed E-state index contributed by atoms with van der Waals surface area (Å²) >= 11 is 1.79. The predicted molar refractivity (Wildman–Crippen MR) is 61.8 cm³/mol. The Balaban J connectivity index is 2.86. The first-order chi connectivity index (χ1) is 6.31. The zero-order valence-electron chi connectivity index (χ0n) is 8.58. The summed E-state index contributed by atoms with van der Waals surface area (Å²) in [6.07, 6.45) is 2.11. The summed E-state index contributed by atoms with van der Waals surface area (Å²) in [5, 5.41) is 0. The number of anilines is 1. The van der Waals surface area contributed by atoms with Crippen LogP contribution in [-0.2, 0) is 0 Å². The van der Waals surface area contributed by atoms with Crippen molar-refractivity contribution in [3.8, 4) is 0 Å². The third-order valence-electron chi connectivity index (χ3n) is 2.18. The molecule has 1 aromatic rings. The van der Waals surface area contributed by atoms with Gasteiger partial charge in [0, 0.05) is 23.7 Å². The first-order valence-corrected chi connectivity index (χ1v) is 5.93. The third-order valence-corrected chi connectivity index (χ3v) is 2.91. The van der Waals surface area contributed by atoms with Crippen molar-refractivity contribution in [2.75, 3.05) is 24.2 Å². The van der Waals surface area contributed by atoms with Crippen LogP contribution in [0.25, 0.3) is 0 Å². The fourth-order valence-corrected chi connectivity index (χ4v) is 1.85. The van der Waals surface area contributed by atoms with E-state index in [1.807, 2.05) is 0 Å². The highest BCUT2D eigenvalue weighted by Crippen LogP contribution is 2.21. The molecule has 13 heavy (non-hydrogen) atoms. The van der Waals surface area contributed by atoms with Gasteiger partial charge in [-0.15, -0.1) is 11.8 Å². The molecule has 0 heterocycles. The van der Waals surface area contributed by atoms with Gasteiger partial charge >= 0.3 is 0 Å². The Morgan fingerprint density at radius 2 is 1.92 bits per heavy atom. The van der Waals surface area contributed by atoms with Crippen molar-refractivity contribution in [3.05, 3.63) is 24.3 Å². The van der Waals surface area contributed by atoms with Crippen molar-refractivity contribution in [1.29, 1.82) is 0 Å². The van der Waals surface area contributed by atoms with E-state index in [4.69, 9.17) is 0 Å². The summed E-state index contributed by atoms with van der Waals surface area (Å²) in [6.45, 7) is 6.53. The zero-order valence-corrected chi connectivity index (χ0v) is 9.40. The lowest BCUT2D eigenvalue weighted by atomic mass is 10.3. The third kappa shape index (κ3) is 2.66. The van der Waals surface area contributed by atoms with Crippen LogP contribution in [0.3, 0.4) is 0 Å². The molecule has 0 saturated carbocycles. The molecule has 72 valence electrons.